The number of nitrogens with zero attached hydrogens (tertiary/aromatic N) is 2. The Hall–Kier alpha value is -2.10. The Morgan fingerprint density at radius 2 is 1.94 bits per heavy atom. The van der Waals surface area contributed by atoms with Gasteiger partial charge in [-0.05, 0) is 25.8 Å². The van der Waals surface area contributed by atoms with Crippen molar-refractivity contribution >= 4 is 30.0 Å². The second-order valence-corrected chi connectivity index (χ2v) is 10.5. The van der Waals surface area contributed by atoms with E-state index in [0.29, 0.717) is 50.0 Å². The molecule has 1 aliphatic heterocycles. The fourth-order valence-corrected chi connectivity index (χ4v) is 4.77. The molecule has 0 spiro atoms. The molecule has 0 radical (unpaired) electrons. The predicted octanol–water partition coefficient (Wildman–Crippen LogP) is 2.70. The predicted molar refractivity (Wildman–Crippen MR) is 129 cm³/mol. The summed E-state index contributed by atoms with van der Waals surface area (Å²) in [5, 5.41) is 13.2. The number of carbonyl (C=O) groups excluding carboxylic acids is 3. The Labute approximate surface area is 201 Å². The summed E-state index contributed by atoms with van der Waals surface area (Å²) in [6.45, 7) is 7.76. The van der Waals surface area contributed by atoms with Crippen LogP contribution >= 0.6 is 11.8 Å². The van der Waals surface area contributed by atoms with Crippen LogP contribution in [0, 0.1) is 5.92 Å². The molecule has 0 saturated carbocycles. The van der Waals surface area contributed by atoms with Crippen LogP contribution in [0.15, 0.2) is 30.3 Å². The number of nitrogens with one attached hydrogen (secondary N) is 1. The van der Waals surface area contributed by atoms with E-state index in [1.165, 1.54) is 0 Å². The first-order valence-electron chi connectivity index (χ1n) is 11.5. The molecule has 1 heterocycles. The highest BCUT2D eigenvalue weighted by atomic mass is 32.2. The number of benzene rings is 1. The second kappa shape index (κ2) is 13.6. The highest BCUT2D eigenvalue weighted by Gasteiger charge is 2.40. The highest BCUT2D eigenvalue weighted by Crippen LogP contribution is 2.33. The number of carbonyl (C=O) groups is 3. The molecule has 0 aromatic heterocycles. The normalized spacial score (nSPS) is 16.1. The number of hydroxylamine groups is 2. The van der Waals surface area contributed by atoms with Crippen molar-refractivity contribution in [1.29, 1.82) is 0 Å². The summed E-state index contributed by atoms with van der Waals surface area (Å²) in [5.74, 6) is -0.368. The largest absolute Gasteiger partial charge is 0.378 e. The van der Waals surface area contributed by atoms with Gasteiger partial charge in [0.2, 0.25) is 18.2 Å². The van der Waals surface area contributed by atoms with Crippen molar-refractivity contribution in [1.82, 2.24) is 15.3 Å². The molecule has 1 aromatic rings. The van der Waals surface area contributed by atoms with Crippen LogP contribution in [0.2, 0.25) is 0 Å². The maximum absolute atomic E-state index is 13.5. The van der Waals surface area contributed by atoms with Crippen LogP contribution in [0.25, 0.3) is 0 Å². The minimum Gasteiger partial charge on any atom is -0.378 e. The van der Waals surface area contributed by atoms with E-state index in [1.807, 2.05) is 51.1 Å². The Kier molecular flexibility index (Phi) is 11.2. The maximum Gasteiger partial charge on any atom is 0.246 e. The van der Waals surface area contributed by atoms with Gasteiger partial charge in [-0.15, -0.1) is 11.8 Å². The maximum atomic E-state index is 13.5. The minimum atomic E-state index is -0.760. The van der Waals surface area contributed by atoms with Crippen LogP contribution < -0.4 is 5.32 Å². The van der Waals surface area contributed by atoms with Gasteiger partial charge in [0.15, 0.2) is 0 Å². The van der Waals surface area contributed by atoms with E-state index in [0.717, 1.165) is 18.4 Å². The van der Waals surface area contributed by atoms with Gasteiger partial charge in [-0.25, -0.2) is 5.06 Å². The summed E-state index contributed by atoms with van der Waals surface area (Å²) in [6.07, 6.45) is 2.47. The van der Waals surface area contributed by atoms with Crippen molar-refractivity contribution in [3.8, 4) is 0 Å². The molecule has 33 heavy (non-hydrogen) atoms. The van der Waals surface area contributed by atoms with Gasteiger partial charge in [-0.1, -0.05) is 50.1 Å². The molecule has 2 unspecified atom stereocenters. The first-order valence-corrected chi connectivity index (χ1v) is 12.5. The fraction of sp³-hybridized carbons (Fsp3) is 0.625. The molecule has 2 rings (SSSR count). The number of unbranched alkanes of at least 4 members (excludes halogenated alkanes) is 1. The molecule has 2 N–H and O–H groups in total. The molecule has 0 aliphatic carbocycles. The lowest BCUT2D eigenvalue weighted by Crippen LogP contribution is -2.60. The third-order valence-corrected chi connectivity index (χ3v) is 7.27. The Bertz CT molecular complexity index is 756. The molecular weight excluding hydrogens is 442 g/mol. The molecule has 8 nitrogen and oxygen atoms in total. The van der Waals surface area contributed by atoms with E-state index in [-0.39, 0.29) is 18.4 Å². The van der Waals surface area contributed by atoms with Crippen LogP contribution in [0.3, 0.4) is 0 Å². The topological polar surface area (TPSA) is 99.2 Å². The Morgan fingerprint density at radius 1 is 1.27 bits per heavy atom. The molecule has 1 saturated heterocycles. The van der Waals surface area contributed by atoms with E-state index in [2.05, 4.69) is 5.32 Å². The van der Waals surface area contributed by atoms with Crippen LogP contribution in [0.5, 0.6) is 0 Å². The van der Waals surface area contributed by atoms with Crippen molar-refractivity contribution in [2.24, 2.45) is 5.92 Å². The summed E-state index contributed by atoms with van der Waals surface area (Å²) < 4.78 is 4.79. The lowest BCUT2D eigenvalue weighted by molar-refractivity contribution is -0.155. The standard InChI is InChI=1S/C24H37N3O5S/c1-4-5-11-20(16-27(31)18-28)22(29)25-21(23(30)26-12-14-32-15-13-26)24(2,3)33-17-19-9-7-6-8-10-19/h6-10,18,20-21,31H,4-5,11-17H2,1-3H3,(H,25,29). The van der Waals surface area contributed by atoms with Crippen molar-refractivity contribution in [3.05, 3.63) is 35.9 Å². The van der Waals surface area contributed by atoms with E-state index in [1.54, 1.807) is 16.7 Å². The third-order valence-electron chi connectivity index (χ3n) is 5.81. The first-order chi connectivity index (χ1) is 15.8. The van der Waals surface area contributed by atoms with Crippen molar-refractivity contribution in [2.45, 2.75) is 56.6 Å². The molecule has 1 aromatic carbocycles. The van der Waals surface area contributed by atoms with Crippen LogP contribution in [0.1, 0.15) is 45.6 Å². The monoisotopic (exact) mass is 479 g/mol. The van der Waals surface area contributed by atoms with Gasteiger partial charge in [0.1, 0.15) is 6.04 Å². The molecule has 2 atom stereocenters. The molecule has 3 amide bonds. The van der Waals surface area contributed by atoms with Gasteiger partial charge >= 0.3 is 0 Å². The van der Waals surface area contributed by atoms with Gasteiger partial charge < -0.3 is 15.0 Å². The zero-order chi connectivity index (χ0) is 24.3. The summed E-state index contributed by atoms with van der Waals surface area (Å²) in [7, 11) is 0. The third kappa shape index (κ3) is 8.64. The Morgan fingerprint density at radius 3 is 2.55 bits per heavy atom. The molecular formula is C24H37N3O5S. The molecule has 0 bridgehead atoms. The van der Waals surface area contributed by atoms with Crippen LogP contribution in [0.4, 0.5) is 0 Å². The van der Waals surface area contributed by atoms with Gasteiger partial charge in [0.25, 0.3) is 0 Å². The summed E-state index contributed by atoms with van der Waals surface area (Å²) in [5.41, 5.74) is 1.14. The van der Waals surface area contributed by atoms with E-state index in [4.69, 9.17) is 4.74 Å². The van der Waals surface area contributed by atoms with Gasteiger partial charge in [0, 0.05) is 23.6 Å². The second-order valence-electron chi connectivity index (χ2n) is 8.82. The van der Waals surface area contributed by atoms with Crippen molar-refractivity contribution < 1.29 is 24.3 Å². The van der Waals surface area contributed by atoms with Crippen LogP contribution in [-0.2, 0) is 24.9 Å². The van der Waals surface area contributed by atoms with E-state index < -0.39 is 16.7 Å². The highest BCUT2D eigenvalue weighted by molar-refractivity contribution is 7.99. The molecule has 9 heteroatoms. The fourth-order valence-electron chi connectivity index (χ4n) is 3.71. The number of hydrogen-bond donors (Lipinski definition) is 2. The lowest BCUT2D eigenvalue weighted by Gasteiger charge is -2.38. The molecule has 1 aliphatic rings. The number of rotatable bonds is 13. The number of thioether (sulfide) groups is 1. The SMILES string of the molecule is CCCCC(CN(O)C=O)C(=O)NC(C(=O)N1CCOCC1)C(C)(C)SCc1ccccc1. The Balaban J connectivity index is 2.21. The van der Waals surface area contributed by atoms with Crippen LogP contribution in [-0.4, -0.2) is 77.0 Å². The minimum absolute atomic E-state index is 0.106. The quantitative estimate of drug-likeness (QED) is 0.256. The number of amides is 3. The van der Waals surface area contributed by atoms with E-state index in [9.17, 15) is 19.6 Å². The van der Waals surface area contributed by atoms with Gasteiger partial charge in [-0.3, -0.25) is 19.6 Å². The summed E-state index contributed by atoms with van der Waals surface area (Å²) in [6, 6.07) is 9.24. The number of morpholine rings is 1. The van der Waals surface area contributed by atoms with Crippen molar-refractivity contribution in [2.75, 3.05) is 32.8 Å². The number of hydrogen-bond acceptors (Lipinski definition) is 6. The smallest absolute Gasteiger partial charge is 0.246 e. The summed E-state index contributed by atoms with van der Waals surface area (Å²) >= 11 is 1.61. The zero-order valence-corrected chi connectivity index (χ0v) is 20.7. The lowest BCUT2D eigenvalue weighted by atomic mass is 9.97. The average molecular weight is 480 g/mol. The zero-order valence-electron chi connectivity index (χ0n) is 19.9. The summed E-state index contributed by atoms with van der Waals surface area (Å²) in [4.78, 5) is 39.4. The number of ether oxygens (including phenoxy) is 1. The van der Waals surface area contributed by atoms with E-state index >= 15 is 0 Å². The molecule has 184 valence electrons. The van der Waals surface area contributed by atoms with Gasteiger partial charge in [0.05, 0.1) is 25.7 Å². The first kappa shape index (κ1) is 27.1. The average Bonchev–Trinajstić information content (AvgIpc) is 2.84. The van der Waals surface area contributed by atoms with Crippen molar-refractivity contribution in [3.63, 3.8) is 0 Å². The van der Waals surface area contributed by atoms with Gasteiger partial charge in [-0.2, -0.15) is 0 Å². The molecule has 1 fully saturated rings.